The van der Waals surface area contributed by atoms with E-state index in [1.807, 2.05) is 31.4 Å². The van der Waals surface area contributed by atoms with Gasteiger partial charge in [0.1, 0.15) is 0 Å². The van der Waals surface area contributed by atoms with Crippen LogP contribution in [0.4, 0.5) is 5.69 Å². The van der Waals surface area contributed by atoms with Crippen LogP contribution in [0.1, 0.15) is 19.8 Å². The quantitative estimate of drug-likeness (QED) is 0.683. The van der Waals surface area contributed by atoms with E-state index in [0.717, 1.165) is 28.8 Å². The molecule has 26 heavy (non-hydrogen) atoms. The lowest BCUT2D eigenvalue weighted by molar-refractivity contribution is 0.874. The molecule has 0 saturated heterocycles. The van der Waals surface area contributed by atoms with Crippen molar-refractivity contribution >= 4 is 31.2 Å². The molecule has 1 fully saturated rings. The summed E-state index contributed by atoms with van der Waals surface area (Å²) in [7, 11) is 1.62. The van der Waals surface area contributed by atoms with Gasteiger partial charge < -0.3 is 9.88 Å². The number of pyridine rings is 1. The fourth-order valence-electron chi connectivity index (χ4n) is 3.62. The lowest BCUT2D eigenvalue weighted by atomic mass is 9.99. The number of nitrogens with one attached hydrogen (secondary N) is 1. The van der Waals surface area contributed by atoms with Gasteiger partial charge in [0.15, 0.2) is 0 Å². The summed E-state index contributed by atoms with van der Waals surface area (Å²) >= 11 is 0. The van der Waals surface area contributed by atoms with Crippen LogP contribution in [0.3, 0.4) is 0 Å². The van der Waals surface area contributed by atoms with Crippen LogP contribution in [0.5, 0.6) is 0 Å². The molecule has 1 saturated carbocycles. The molecule has 1 aliphatic carbocycles. The first-order valence-electron chi connectivity index (χ1n) is 9.63. The number of anilines is 1. The van der Waals surface area contributed by atoms with E-state index in [1.54, 1.807) is 4.57 Å². The monoisotopic (exact) mass is 362 g/mol. The van der Waals surface area contributed by atoms with Crippen LogP contribution in [-0.4, -0.2) is 20.6 Å². The Hall–Kier alpha value is -2.33. The topological polar surface area (TPSA) is 34.0 Å². The minimum absolute atomic E-state index is 0.0657. The molecule has 4 rings (SSSR count). The Kier molecular flexibility index (Phi) is 4.68. The zero-order chi connectivity index (χ0) is 18.1. The Bertz CT molecular complexity index is 1000. The molecular weight excluding hydrogens is 336 g/mol. The van der Waals surface area contributed by atoms with Crippen molar-refractivity contribution in [1.82, 2.24) is 4.57 Å². The first kappa shape index (κ1) is 17.1. The highest BCUT2D eigenvalue weighted by molar-refractivity contribution is 6.53. The van der Waals surface area contributed by atoms with E-state index in [4.69, 9.17) is 0 Å². The fourth-order valence-corrected chi connectivity index (χ4v) is 4.83. The summed E-state index contributed by atoms with van der Waals surface area (Å²) in [6, 6.07) is 16.1. The maximum atomic E-state index is 12.5. The maximum Gasteiger partial charge on any atom is 0.258 e. The second-order valence-electron chi connectivity index (χ2n) is 7.46. The van der Waals surface area contributed by atoms with Gasteiger partial charge in [-0.1, -0.05) is 48.5 Å². The predicted octanol–water partition coefficient (Wildman–Crippen LogP) is 3.26. The van der Waals surface area contributed by atoms with Crippen LogP contribution in [0.2, 0.25) is 6.04 Å². The number of hydrogen-bond acceptors (Lipinski definition) is 2. The van der Waals surface area contributed by atoms with Crippen molar-refractivity contribution in [3.63, 3.8) is 0 Å². The Morgan fingerprint density at radius 1 is 1.12 bits per heavy atom. The van der Waals surface area contributed by atoms with Gasteiger partial charge in [0, 0.05) is 42.0 Å². The van der Waals surface area contributed by atoms with E-state index in [2.05, 4.69) is 36.5 Å². The van der Waals surface area contributed by atoms with Crippen LogP contribution >= 0.6 is 0 Å². The second kappa shape index (κ2) is 7.12. The molecule has 4 heteroatoms. The number of hydrogen-bond donors (Lipinski definition) is 1. The molecule has 1 aliphatic rings. The largest absolute Gasteiger partial charge is 0.384 e. The van der Waals surface area contributed by atoms with Crippen LogP contribution in [0.15, 0.2) is 53.5 Å². The van der Waals surface area contributed by atoms with Gasteiger partial charge in [-0.25, -0.2) is 0 Å². The van der Waals surface area contributed by atoms with Gasteiger partial charge in [0.05, 0.1) is 9.52 Å². The minimum atomic E-state index is -0.226. The van der Waals surface area contributed by atoms with E-state index in [9.17, 15) is 4.79 Å². The van der Waals surface area contributed by atoms with Gasteiger partial charge >= 0.3 is 0 Å². The molecule has 0 aliphatic heterocycles. The van der Waals surface area contributed by atoms with Crippen LogP contribution in [0.25, 0.3) is 21.9 Å². The molecule has 0 amide bonds. The molecule has 3 aromatic rings. The Morgan fingerprint density at radius 2 is 1.88 bits per heavy atom. The summed E-state index contributed by atoms with van der Waals surface area (Å²) in [5.41, 5.74) is 3.63. The van der Waals surface area contributed by atoms with Gasteiger partial charge in [-0.15, -0.1) is 0 Å². The zero-order valence-electron chi connectivity index (χ0n) is 15.6. The number of nitrogens with zero attached hydrogens (tertiary/aromatic N) is 1. The van der Waals surface area contributed by atoms with Crippen LogP contribution in [-0.2, 0) is 7.05 Å². The SMILES string of the molecule is CC[SiH2]c1ccc(NCC2CC2)c(-c2cn(C)c(=O)c3ccccc23)c1. The molecule has 2 aromatic carbocycles. The van der Waals surface area contributed by atoms with E-state index in [0.29, 0.717) is 0 Å². The molecule has 1 aromatic heterocycles. The summed E-state index contributed by atoms with van der Waals surface area (Å²) in [4.78, 5) is 12.5. The Labute approximate surface area is 156 Å². The summed E-state index contributed by atoms with van der Waals surface area (Å²) in [5, 5.41) is 6.99. The van der Waals surface area contributed by atoms with Crippen LogP contribution in [0, 0.1) is 5.92 Å². The zero-order valence-corrected chi connectivity index (χ0v) is 17.0. The van der Waals surface area contributed by atoms with E-state index in [-0.39, 0.29) is 15.1 Å². The molecule has 0 bridgehead atoms. The van der Waals surface area contributed by atoms with Gasteiger partial charge in [0.25, 0.3) is 5.56 Å². The highest BCUT2D eigenvalue weighted by Gasteiger charge is 2.21. The summed E-state index contributed by atoms with van der Waals surface area (Å²) in [6.45, 7) is 3.31. The molecule has 0 unspecified atom stereocenters. The Morgan fingerprint density at radius 3 is 2.62 bits per heavy atom. The first-order chi connectivity index (χ1) is 12.7. The molecule has 0 spiro atoms. The molecular formula is C22H26N2OSi. The lowest BCUT2D eigenvalue weighted by Gasteiger charge is -2.16. The third-order valence-electron chi connectivity index (χ3n) is 5.28. The number of benzene rings is 2. The van der Waals surface area contributed by atoms with Gasteiger partial charge in [0.2, 0.25) is 0 Å². The van der Waals surface area contributed by atoms with Crippen molar-refractivity contribution in [1.29, 1.82) is 0 Å². The summed E-state index contributed by atoms with van der Waals surface area (Å²) < 4.78 is 1.71. The Balaban J connectivity index is 1.89. The summed E-state index contributed by atoms with van der Waals surface area (Å²) in [6.07, 6.45) is 4.68. The van der Waals surface area contributed by atoms with Crippen LogP contribution < -0.4 is 16.1 Å². The average molecular weight is 363 g/mol. The van der Waals surface area contributed by atoms with Crippen molar-refractivity contribution in [2.24, 2.45) is 13.0 Å². The second-order valence-corrected chi connectivity index (χ2v) is 9.78. The molecule has 1 heterocycles. The number of fused-ring (bicyclic) bond motifs is 1. The van der Waals surface area contributed by atoms with E-state index >= 15 is 0 Å². The number of aromatic nitrogens is 1. The summed E-state index contributed by atoms with van der Waals surface area (Å²) in [5.74, 6) is 0.824. The minimum Gasteiger partial charge on any atom is -0.384 e. The van der Waals surface area contributed by atoms with Crippen molar-refractivity contribution in [2.45, 2.75) is 25.8 Å². The van der Waals surface area contributed by atoms with Gasteiger partial charge in [-0.2, -0.15) is 0 Å². The third-order valence-corrected chi connectivity index (χ3v) is 6.80. The first-order valence-corrected chi connectivity index (χ1v) is 11.3. The highest BCUT2D eigenvalue weighted by Crippen LogP contribution is 2.34. The third kappa shape index (κ3) is 3.34. The van der Waals surface area contributed by atoms with E-state index in [1.165, 1.54) is 35.3 Å². The average Bonchev–Trinajstić information content (AvgIpc) is 3.48. The maximum absolute atomic E-state index is 12.5. The predicted molar refractivity (Wildman–Crippen MR) is 114 cm³/mol. The normalized spacial score (nSPS) is 14.4. The van der Waals surface area contributed by atoms with Crippen molar-refractivity contribution < 1.29 is 0 Å². The molecule has 0 radical (unpaired) electrons. The molecule has 1 N–H and O–H groups in total. The highest BCUT2D eigenvalue weighted by atomic mass is 28.2. The van der Waals surface area contributed by atoms with E-state index < -0.39 is 0 Å². The van der Waals surface area contributed by atoms with Gasteiger partial charge in [-0.05, 0) is 36.3 Å². The van der Waals surface area contributed by atoms with Gasteiger partial charge in [-0.3, -0.25) is 4.79 Å². The smallest absolute Gasteiger partial charge is 0.258 e. The molecule has 0 atom stereocenters. The molecule has 3 nitrogen and oxygen atoms in total. The fraction of sp³-hybridized carbons (Fsp3) is 0.318. The molecule has 134 valence electrons. The lowest BCUT2D eigenvalue weighted by Crippen LogP contribution is -2.18. The standard InChI is InChI=1S/C22H26N2OSi/c1-3-26-16-10-11-21(23-13-15-8-9-15)19(12-16)20-14-24(2)22(25)18-7-5-4-6-17(18)20/h4-7,10-12,14-15,23H,3,8-9,13,26H2,1-2H3. The van der Waals surface area contributed by atoms with Crippen molar-refractivity contribution in [3.8, 4) is 11.1 Å². The number of aryl methyl sites for hydroxylation is 1. The van der Waals surface area contributed by atoms with Crippen molar-refractivity contribution in [3.05, 3.63) is 59.0 Å². The number of rotatable bonds is 6. The van der Waals surface area contributed by atoms with Crippen molar-refractivity contribution in [2.75, 3.05) is 11.9 Å².